The second-order valence-electron chi connectivity index (χ2n) is 16.0. The van der Waals surface area contributed by atoms with Gasteiger partial charge in [-0.25, -0.2) is 4.79 Å². The molecule has 0 radical (unpaired) electrons. The quantitative estimate of drug-likeness (QED) is 0.126. The van der Waals surface area contributed by atoms with Crippen LogP contribution in [0.5, 0.6) is 11.5 Å². The Labute approximate surface area is 351 Å². The Morgan fingerprint density at radius 2 is 1.66 bits per heavy atom. The Hall–Kier alpha value is -4.89. The number of hydrogen-bond acceptors (Lipinski definition) is 7. The fourth-order valence-corrected chi connectivity index (χ4v) is 8.46. The van der Waals surface area contributed by atoms with E-state index in [0.717, 1.165) is 70.0 Å². The van der Waals surface area contributed by atoms with Crippen molar-refractivity contribution in [1.82, 2.24) is 15.2 Å². The van der Waals surface area contributed by atoms with Crippen LogP contribution >= 0.6 is 23.2 Å². The molecule has 0 saturated heterocycles. The third kappa shape index (κ3) is 9.69. The number of aryl methyl sites for hydroxylation is 1. The lowest BCUT2D eigenvalue weighted by atomic mass is 9.86. The smallest absolute Gasteiger partial charge is 0.328 e. The minimum absolute atomic E-state index is 0.179. The third-order valence-corrected chi connectivity index (χ3v) is 12.1. The lowest BCUT2D eigenvalue weighted by molar-refractivity contribution is -0.145. The first-order valence-corrected chi connectivity index (χ1v) is 20.8. The maximum atomic E-state index is 14.2. The number of carbonyl (C=O) groups is 2. The molecule has 1 N–H and O–H groups in total. The topological polar surface area (TPSA) is 90.0 Å². The monoisotopic (exact) mass is 819 g/mol. The van der Waals surface area contributed by atoms with Crippen molar-refractivity contribution in [2.45, 2.75) is 84.5 Å². The van der Waals surface area contributed by atoms with E-state index >= 15 is 0 Å². The molecular weight excluding hydrogens is 769 g/mol. The van der Waals surface area contributed by atoms with Gasteiger partial charge in [0, 0.05) is 31.4 Å². The van der Waals surface area contributed by atoms with Crippen LogP contribution in [0.15, 0.2) is 91.1 Å². The fourth-order valence-electron chi connectivity index (χ4n) is 8.14. The summed E-state index contributed by atoms with van der Waals surface area (Å²) < 4.78 is 17.6. The van der Waals surface area contributed by atoms with E-state index < -0.39 is 18.1 Å². The second-order valence-corrected chi connectivity index (χ2v) is 16.8. The summed E-state index contributed by atoms with van der Waals surface area (Å²) in [6, 6.07) is 27.1. The molecule has 10 heteroatoms. The number of fused-ring (bicyclic) bond motifs is 2. The van der Waals surface area contributed by atoms with Crippen LogP contribution in [0.1, 0.15) is 70.8 Å². The summed E-state index contributed by atoms with van der Waals surface area (Å²) in [5, 5.41) is 4.13. The number of hydrogen-bond donors (Lipinski definition) is 1. The van der Waals surface area contributed by atoms with Crippen molar-refractivity contribution in [2.24, 2.45) is 5.92 Å². The zero-order valence-corrected chi connectivity index (χ0v) is 35.3. The summed E-state index contributed by atoms with van der Waals surface area (Å²) in [4.78, 5) is 34.0. The predicted octanol–water partition coefficient (Wildman–Crippen LogP) is 9.64. The molecule has 0 fully saturated rings. The number of nitrogens with one attached hydrogen (secondary N) is 1. The van der Waals surface area contributed by atoms with Crippen molar-refractivity contribution in [1.29, 1.82) is 0 Å². The number of benzene rings is 4. The maximum absolute atomic E-state index is 14.2. The van der Waals surface area contributed by atoms with Gasteiger partial charge in [-0.15, -0.1) is 0 Å². The number of rotatable bonds is 12. The molecule has 58 heavy (non-hydrogen) atoms. The Kier molecular flexibility index (Phi) is 13.1. The molecule has 1 amide bonds. The minimum atomic E-state index is -0.828. The molecule has 3 atom stereocenters. The number of nitrogens with zero attached hydrogens (tertiary/aromatic N) is 2. The summed E-state index contributed by atoms with van der Waals surface area (Å²) in [6.45, 7) is 10.8. The molecule has 0 aliphatic carbocycles. The molecule has 7 rings (SSSR count). The summed E-state index contributed by atoms with van der Waals surface area (Å²) in [7, 11) is 1.36. The summed E-state index contributed by atoms with van der Waals surface area (Å²) >= 11 is 12.2. The van der Waals surface area contributed by atoms with Crippen molar-refractivity contribution in [3.8, 4) is 22.6 Å². The van der Waals surface area contributed by atoms with Gasteiger partial charge in [-0.3, -0.25) is 14.7 Å². The zero-order valence-electron chi connectivity index (χ0n) is 33.8. The Bertz CT molecular complexity index is 2260. The molecule has 0 bridgehead atoms. The summed E-state index contributed by atoms with van der Waals surface area (Å²) in [5.41, 5.74) is 10.9. The molecule has 2 aliphatic heterocycles. The van der Waals surface area contributed by atoms with E-state index in [-0.39, 0.29) is 11.8 Å². The van der Waals surface area contributed by atoms with Gasteiger partial charge in [-0.2, -0.15) is 0 Å². The summed E-state index contributed by atoms with van der Waals surface area (Å²) in [6.07, 6.45) is 4.39. The summed E-state index contributed by atoms with van der Waals surface area (Å²) in [5.74, 6) is 1.64. The van der Waals surface area contributed by atoms with Crippen LogP contribution in [0.3, 0.4) is 0 Å². The van der Waals surface area contributed by atoms with Crippen molar-refractivity contribution in [2.75, 3.05) is 20.3 Å². The minimum Gasteiger partial charge on any atom is -0.493 e. The number of carbonyl (C=O) groups excluding carboxylic acids is 2. The van der Waals surface area contributed by atoms with Crippen LogP contribution in [0, 0.1) is 19.8 Å². The van der Waals surface area contributed by atoms with Crippen molar-refractivity contribution < 1.29 is 23.8 Å². The second kappa shape index (κ2) is 18.4. The van der Waals surface area contributed by atoms with Gasteiger partial charge in [-0.1, -0.05) is 85.6 Å². The molecule has 5 aromatic rings. The van der Waals surface area contributed by atoms with E-state index in [2.05, 4.69) is 72.4 Å². The van der Waals surface area contributed by atoms with Gasteiger partial charge in [0.15, 0.2) is 0 Å². The normalized spacial score (nSPS) is 17.0. The first-order valence-electron chi connectivity index (χ1n) is 20.0. The number of pyridine rings is 1. The van der Waals surface area contributed by atoms with Crippen LogP contribution in [0.4, 0.5) is 0 Å². The van der Waals surface area contributed by atoms with Crippen LogP contribution in [0.2, 0.25) is 10.0 Å². The SMILES string of the molecule is COC(=O)[C@H](Cc1ccc(-c2ccnc(C)c2C)cc1)NC(=O)[C@@H]1Cc2cc3c(cc2CN1CC(C)C)C[C@H](c1ccc(OCc2ccc(Cl)c(Cl)c2)cc1)CCO3. The first-order chi connectivity index (χ1) is 27.9. The number of esters is 1. The number of amides is 1. The highest BCUT2D eigenvalue weighted by Gasteiger charge is 2.35. The van der Waals surface area contributed by atoms with E-state index in [9.17, 15) is 9.59 Å². The molecule has 2 aliphatic rings. The lowest BCUT2D eigenvalue weighted by Crippen LogP contribution is -2.55. The highest BCUT2D eigenvalue weighted by molar-refractivity contribution is 6.42. The molecule has 3 heterocycles. The number of methoxy groups -OCH3 is 1. The Balaban J connectivity index is 1.04. The average Bonchev–Trinajstić information content (AvgIpc) is 3.43. The van der Waals surface area contributed by atoms with Gasteiger partial charge in [0.05, 0.1) is 29.8 Å². The highest BCUT2D eigenvalue weighted by atomic mass is 35.5. The molecule has 0 spiro atoms. The van der Waals surface area contributed by atoms with Gasteiger partial charge in [-0.05, 0) is 131 Å². The zero-order chi connectivity index (χ0) is 40.9. The van der Waals surface area contributed by atoms with E-state index in [1.807, 2.05) is 55.6 Å². The van der Waals surface area contributed by atoms with E-state index in [4.69, 9.17) is 37.4 Å². The third-order valence-electron chi connectivity index (χ3n) is 11.4. The maximum Gasteiger partial charge on any atom is 0.328 e. The molecular formula is C48H51Cl2N3O5. The highest BCUT2D eigenvalue weighted by Crippen LogP contribution is 2.38. The lowest BCUT2D eigenvalue weighted by Gasteiger charge is -2.38. The van der Waals surface area contributed by atoms with Gasteiger partial charge in [0.2, 0.25) is 5.91 Å². The largest absolute Gasteiger partial charge is 0.493 e. The Morgan fingerprint density at radius 1 is 0.897 bits per heavy atom. The van der Waals surface area contributed by atoms with E-state index in [1.165, 1.54) is 23.8 Å². The van der Waals surface area contributed by atoms with Gasteiger partial charge in [0.25, 0.3) is 0 Å². The van der Waals surface area contributed by atoms with Gasteiger partial charge in [0.1, 0.15) is 24.1 Å². The molecule has 1 aromatic heterocycles. The van der Waals surface area contributed by atoms with Crippen LogP contribution in [-0.2, 0) is 46.7 Å². The number of aromatic nitrogens is 1. The molecule has 8 nitrogen and oxygen atoms in total. The van der Waals surface area contributed by atoms with Gasteiger partial charge >= 0.3 is 5.97 Å². The standard InChI is InChI=1S/C48H51Cl2N3O5/c1-29(2)26-53-27-39-23-38-22-36(34-11-13-40(14-12-34)58-28-33-8-15-42(49)43(50)20-33)17-19-57-46(38)25-37(39)24-45(53)47(54)52-44(48(55)56-5)21-32-6-9-35(10-7-32)41-16-18-51-31(4)30(41)3/h6-16,18,20,23,25,29,36,44-45H,17,19,21-22,24,26-28H2,1-5H3,(H,52,54)/t36-,44+,45+/m1/s1. The first kappa shape index (κ1) is 41.3. The van der Waals surface area contributed by atoms with Gasteiger partial charge < -0.3 is 19.5 Å². The van der Waals surface area contributed by atoms with Crippen molar-refractivity contribution >= 4 is 35.1 Å². The number of halogens is 2. The average molecular weight is 821 g/mol. The molecule has 0 saturated carbocycles. The van der Waals surface area contributed by atoms with Crippen LogP contribution < -0.4 is 14.8 Å². The number of ether oxygens (including phenoxy) is 3. The molecule has 4 aromatic carbocycles. The predicted molar refractivity (Wildman–Crippen MR) is 230 cm³/mol. The van der Waals surface area contributed by atoms with E-state index in [1.54, 1.807) is 6.07 Å². The van der Waals surface area contributed by atoms with Crippen LogP contribution in [-0.4, -0.2) is 54.1 Å². The fraction of sp³-hybridized carbons (Fsp3) is 0.354. The molecule has 302 valence electrons. The van der Waals surface area contributed by atoms with Crippen LogP contribution in [0.25, 0.3) is 11.1 Å². The van der Waals surface area contributed by atoms with Crippen molar-refractivity contribution in [3.63, 3.8) is 0 Å². The Morgan fingerprint density at radius 3 is 2.38 bits per heavy atom. The molecule has 0 unspecified atom stereocenters. The van der Waals surface area contributed by atoms with E-state index in [0.29, 0.717) is 48.6 Å². The van der Waals surface area contributed by atoms with Crippen molar-refractivity contribution in [3.05, 3.63) is 146 Å².